The van der Waals surface area contributed by atoms with Crippen molar-refractivity contribution in [2.75, 3.05) is 12.0 Å². The molecule has 0 bridgehead atoms. The van der Waals surface area contributed by atoms with Gasteiger partial charge in [0, 0.05) is 29.8 Å². The Morgan fingerprint density at radius 2 is 0.948 bits per heavy atom. The molecule has 6 aromatic carbocycles. The molecule has 0 aliphatic heterocycles. The number of hydrogen-bond acceptors (Lipinski definition) is 6. The maximum absolute atomic E-state index is 5.54. The van der Waals surface area contributed by atoms with Gasteiger partial charge in [-0.3, -0.25) is 0 Å². The first-order chi connectivity index (χ1) is 26.5. The van der Waals surface area contributed by atoms with Crippen LogP contribution in [0.3, 0.4) is 0 Å². The molecule has 0 saturated carbocycles. The lowest BCUT2D eigenvalue weighted by Crippen LogP contribution is -2.06. The third kappa shape index (κ3) is 19.6. The van der Waals surface area contributed by atoms with Crippen molar-refractivity contribution in [3.8, 4) is 0 Å². The first kappa shape index (κ1) is 53.9. The summed E-state index contributed by atoms with van der Waals surface area (Å²) in [5, 5.41) is 3.53. The summed E-state index contributed by atoms with van der Waals surface area (Å²) in [6.07, 6.45) is 4.80. The Morgan fingerprint density at radius 1 is 0.552 bits per heavy atom. The lowest BCUT2D eigenvalue weighted by molar-refractivity contribution is 1.18. The molecule has 0 fully saturated rings. The fourth-order valence-corrected chi connectivity index (χ4v) is 6.66. The summed E-state index contributed by atoms with van der Waals surface area (Å²) in [6.45, 7) is 12.7. The van der Waals surface area contributed by atoms with Gasteiger partial charge in [-0.2, -0.15) is 24.8 Å². The molecule has 6 rings (SSSR count). The van der Waals surface area contributed by atoms with Crippen molar-refractivity contribution < 1.29 is 0 Å². The van der Waals surface area contributed by atoms with E-state index in [9.17, 15) is 0 Å². The maximum Gasteiger partial charge on any atom is 0.0797 e. The molecule has 0 radical (unpaired) electrons. The van der Waals surface area contributed by atoms with E-state index in [1.807, 2.05) is 98.8 Å². The maximum atomic E-state index is 5.54. The van der Waals surface area contributed by atoms with Gasteiger partial charge in [0.15, 0.2) is 0 Å². The van der Waals surface area contributed by atoms with Crippen molar-refractivity contribution >= 4 is 88.1 Å². The molecule has 2 N–H and O–H groups in total. The van der Waals surface area contributed by atoms with E-state index in [2.05, 4.69) is 117 Å². The lowest BCUT2D eigenvalue weighted by Gasteiger charge is -2.10. The Morgan fingerprint density at radius 3 is 1.34 bits per heavy atom. The molecule has 0 aliphatic carbocycles. The van der Waals surface area contributed by atoms with Gasteiger partial charge in [0.2, 0.25) is 0 Å². The highest BCUT2D eigenvalue weighted by Gasteiger charge is 2.08. The van der Waals surface area contributed by atoms with E-state index < -0.39 is 0 Å². The molecule has 8 heteroatoms. The van der Waals surface area contributed by atoms with E-state index in [4.69, 9.17) is 22.9 Å². The number of thioether (sulfide) groups is 1. The summed E-state index contributed by atoms with van der Waals surface area (Å²) < 4.78 is 0. The predicted octanol–water partition coefficient (Wildman–Crippen LogP) is 14.5. The second kappa shape index (κ2) is 30.0. The van der Waals surface area contributed by atoms with Crippen LogP contribution in [0, 0.1) is 41.5 Å². The van der Waals surface area contributed by atoms with Gasteiger partial charge in [-0.25, -0.2) is 4.99 Å². The molecule has 306 valence electrons. The molecule has 0 heterocycles. The average Bonchev–Trinajstić information content (AvgIpc) is 3.18. The molecular weight excluding hydrogens is 801 g/mol. The second-order valence-corrected chi connectivity index (χ2v) is 14.8. The number of aryl methyl sites for hydroxylation is 6. The van der Waals surface area contributed by atoms with Crippen molar-refractivity contribution in [3.05, 3.63) is 196 Å². The van der Waals surface area contributed by atoms with Crippen LogP contribution in [-0.2, 0) is 19.3 Å². The van der Waals surface area contributed by atoms with Gasteiger partial charge in [-0.1, -0.05) is 141 Å². The number of thiocarbonyl (C=S) groups is 2. The van der Waals surface area contributed by atoms with E-state index in [0.717, 1.165) is 57.4 Å². The quantitative estimate of drug-likeness (QED) is 0.0544. The fourth-order valence-electron chi connectivity index (χ4n) is 5.77. The van der Waals surface area contributed by atoms with E-state index in [1.54, 1.807) is 11.8 Å². The van der Waals surface area contributed by atoms with Crippen LogP contribution in [0.4, 0.5) is 17.1 Å². The minimum absolute atomic E-state index is 0. The number of anilines is 1. The molecule has 3 nitrogen and oxygen atoms in total. The van der Waals surface area contributed by atoms with Crippen molar-refractivity contribution in [1.29, 1.82) is 0 Å². The molecule has 0 spiro atoms. The summed E-state index contributed by atoms with van der Waals surface area (Å²) in [5.74, 6) is 0. The second-order valence-electron chi connectivity index (χ2n) is 13.2. The highest BCUT2D eigenvalue weighted by Crippen LogP contribution is 2.22. The lowest BCUT2D eigenvalue weighted by atomic mass is 9.96. The van der Waals surface area contributed by atoms with Gasteiger partial charge in [0.1, 0.15) is 0 Å². The zero-order valence-corrected chi connectivity index (χ0v) is 39.9. The normalized spacial score (nSPS) is 9.74. The third-order valence-electron chi connectivity index (χ3n) is 8.88. The molecule has 6 aromatic rings. The number of isothiocyanates is 1. The fraction of sp³-hybridized carbons (Fsp3) is 0.220. The zero-order valence-electron chi connectivity index (χ0n) is 34.6. The Bertz CT molecular complexity index is 2110. The SMILES string of the molecule is C.CSC(Cc1c(C)cccc1C)=Nc1ccccc1.Cc1cccc(C)c1CC(=S)Cc1ccccc1.Cc1cccc(C)c1N=C=S.Nc1ccccc1.P.P. The highest BCUT2D eigenvalue weighted by molar-refractivity contribution is 8.13. The van der Waals surface area contributed by atoms with Crippen molar-refractivity contribution in [1.82, 2.24) is 0 Å². The van der Waals surface area contributed by atoms with Gasteiger partial charge in [-0.15, -0.1) is 11.8 Å². The van der Waals surface area contributed by atoms with Crippen LogP contribution in [0.25, 0.3) is 0 Å². The number of para-hydroxylation sites is 3. The third-order valence-corrected chi connectivity index (χ3v) is 9.96. The van der Waals surface area contributed by atoms with E-state index in [-0.39, 0.29) is 27.2 Å². The van der Waals surface area contributed by atoms with Crippen LogP contribution in [0.15, 0.2) is 156 Å². The Labute approximate surface area is 371 Å². The number of nitrogen functional groups attached to an aromatic ring is 1. The number of nitrogens with two attached hydrogens (primary N) is 1. The summed E-state index contributed by atoms with van der Waals surface area (Å²) >= 11 is 11.8. The van der Waals surface area contributed by atoms with Gasteiger partial charge in [0.05, 0.1) is 21.6 Å². The topological polar surface area (TPSA) is 50.7 Å². The van der Waals surface area contributed by atoms with Crippen molar-refractivity contribution in [2.24, 2.45) is 9.98 Å². The van der Waals surface area contributed by atoms with Crippen molar-refractivity contribution in [3.63, 3.8) is 0 Å². The Balaban J connectivity index is 0.000000775. The molecular formula is C50H63N3P2S3. The highest BCUT2D eigenvalue weighted by atomic mass is 32.2. The van der Waals surface area contributed by atoms with Crippen LogP contribution in [0.1, 0.15) is 57.5 Å². The first-order valence-corrected chi connectivity index (χ1v) is 20.3. The van der Waals surface area contributed by atoms with Crippen molar-refractivity contribution in [2.45, 2.75) is 68.2 Å². The van der Waals surface area contributed by atoms with Crippen LogP contribution in [0.2, 0.25) is 0 Å². The number of hydrogen-bond donors (Lipinski definition) is 1. The first-order valence-electron chi connectivity index (χ1n) is 18.3. The van der Waals surface area contributed by atoms with E-state index in [0.29, 0.717) is 0 Å². The average molecular weight is 864 g/mol. The monoisotopic (exact) mass is 863 g/mol. The molecule has 2 atom stereocenters. The molecule has 2 unspecified atom stereocenters. The van der Waals surface area contributed by atoms with Gasteiger partial charge in [-0.05, 0) is 134 Å². The predicted molar refractivity (Wildman–Crippen MR) is 279 cm³/mol. The smallest absolute Gasteiger partial charge is 0.0797 e. The minimum Gasteiger partial charge on any atom is -0.399 e. The largest absolute Gasteiger partial charge is 0.399 e. The van der Waals surface area contributed by atoms with E-state index in [1.165, 1.54) is 38.9 Å². The van der Waals surface area contributed by atoms with Crippen LogP contribution >= 0.6 is 56.0 Å². The van der Waals surface area contributed by atoms with Gasteiger partial charge < -0.3 is 5.73 Å². The van der Waals surface area contributed by atoms with E-state index >= 15 is 0 Å². The molecule has 0 amide bonds. The molecule has 0 aliphatic rings. The Hall–Kier alpha value is -4.11. The number of benzene rings is 6. The van der Waals surface area contributed by atoms with Crippen LogP contribution < -0.4 is 5.73 Å². The summed E-state index contributed by atoms with van der Waals surface area (Å²) in [4.78, 5) is 9.81. The van der Waals surface area contributed by atoms with Gasteiger partial charge >= 0.3 is 0 Å². The van der Waals surface area contributed by atoms with Crippen LogP contribution in [-0.4, -0.2) is 21.3 Å². The summed E-state index contributed by atoms with van der Waals surface area (Å²) in [6, 6.07) is 49.0. The van der Waals surface area contributed by atoms with Crippen LogP contribution in [0.5, 0.6) is 0 Å². The number of rotatable bonds is 8. The standard InChI is InChI=1S/C17H19NS.C17H18S.C9H9NS.C6H7N.CH4.2H3P/c1-13-8-7-9-14(2)16(13)12-17(19-3)18-15-10-5-4-6-11-15;1-13-7-6-8-14(2)17(13)12-16(18)11-15-9-4-3-5-10-15;1-7-4-3-5-8(2)9(7)10-6-11;7-6-4-2-1-3-5-6;;;/h4-11H,12H2,1-3H3;3-10H,11-12H2,1-2H3;3-5H,1-2H3;1-5H,7H2;1H4;2*1H3. The zero-order chi connectivity index (χ0) is 40.0. The number of aliphatic imine (C=N–C) groups is 2. The minimum atomic E-state index is 0. The molecule has 58 heavy (non-hydrogen) atoms. The van der Waals surface area contributed by atoms with Gasteiger partial charge in [0.25, 0.3) is 0 Å². The molecule has 0 saturated heterocycles. The Kier molecular flexibility index (Phi) is 27.9. The summed E-state index contributed by atoms with van der Waals surface area (Å²) in [7, 11) is 0. The molecule has 0 aromatic heterocycles. The number of nitrogens with zero attached hydrogens (tertiary/aromatic N) is 2. The summed E-state index contributed by atoms with van der Waals surface area (Å²) in [5.41, 5.74) is 19.9.